The predicted molar refractivity (Wildman–Crippen MR) is 46.8 cm³/mol. The molecule has 6 nitrogen and oxygen atoms in total. The number of nitrogens with zero attached hydrogens (tertiary/aromatic N) is 1. The molecule has 0 fully saturated rings. The molecule has 0 amide bonds. The normalized spacial score (nSPS) is 9.79. The summed E-state index contributed by atoms with van der Waals surface area (Å²) >= 11 is 0. The molecule has 1 aromatic rings. The molecule has 0 aliphatic carbocycles. The molecule has 6 heteroatoms. The topological polar surface area (TPSA) is 92.3 Å². The number of aromatic amines is 1. The van der Waals surface area contributed by atoms with Crippen LogP contribution in [0, 0.1) is 0 Å². The summed E-state index contributed by atoms with van der Waals surface area (Å²) in [4.78, 5) is 21.6. The van der Waals surface area contributed by atoms with Crippen molar-refractivity contribution in [2.75, 3.05) is 6.61 Å². The lowest BCUT2D eigenvalue weighted by Gasteiger charge is -2.00. The van der Waals surface area contributed by atoms with Gasteiger partial charge in [0.2, 0.25) is 5.88 Å². The lowest BCUT2D eigenvalue weighted by molar-refractivity contribution is -0.135. The maximum absolute atomic E-state index is 11.0. The number of hydrogen-bond donors (Lipinski definition) is 2. The zero-order chi connectivity index (χ0) is 10.4. The molecule has 2 N–H and O–H groups in total. The Kier molecular flexibility index (Phi) is 3.81. The Bertz CT molecular complexity index is 340. The highest BCUT2D eigenvalue weighted by Crippen LogP contribution is 2.02. The van der Waals surface area contributed by atoms with Crippen LogP contribution in [0.25, 0.3) is 0 Å². The van der Waals surface area contributed by atoms with Gasteiger partial charge in [-0.3, -0.25) is 9.59 Å². The smallest absolute Gasteiger partial charge is 0.312 e. The third-order valence-electron chi connectivity index (χ3n) is 1.41. The number of carbonyl (C=O) groups excluding carboxylic acids is 1. The Morgan fingerprint density at radius 2 is 2.36 bits per heavy atom. The first-order chi connectivity index (χ1) is 6.72. The van der Waals surface area contributed by atoms with Crippen LogP contribution in [0.2, 0.25) is 0 Å². The van der Waals surface area contributed by atoms with Crippen LogP contribution in [0.3, 0.4) is 0 Å². The molecule has 0 radical (unpaired) electrons. The minimum absolute atomic E-state index is 0.0486. The van der Waals surface area contributed by atoms with E-state index < -0.39 is 5.97 Å². The van der Waals surface area contributed by atoms with Crippen molar-refractivity contribution in [1.29, 1.82) is 0 Å². The molecule has 1 rings (SSSR count). The van der Waals surface area contributed by atoms with Gasteiger partial charge in [0.05, 0.1) is 0 Å². The predicted octanol–water partition coefficient (Wildman–Crippen LogP) is -0.552. The van der Waals surface area contributed by atoms with Crippen LogP contribution >= 0.6 is 0 Å². The Morgan fingerprint density at radius 3 is 2.93 bits per heavy atom. The van der Waals surface area contributed by atoms with Crippen LogP contribution in [-0.4, -0.2) is 27.9 Å². The van der Waals surface area contributed by atoms with E-state index in [0.29, 0.717) is 6.42 Å². The number of aliphatic hydroxyl groups excluding tert-OH is 1. The van der Waals surface area contributed by atoms with Crippen molar-refractivity contribution in [3.63, 3.8) is 0 Å². The van der Waals surface area contributed by atoms with E-state index in [0.717, 1.165) is 0 Å². The first-order valence-electron chi connectivity index (χ1n) is 4.09. The van der Waals surface area contributed by atoms with Crippen LogP contribution < -0.4 is 10.3 Å². The molecular weight excluding hydrogens is 188 g/mol. The summed E-state index contributed by atoms with van der Waals surface area (Å²) in [5, 5.41) is 14.1. The summed E-state index contributed by atoms with van der Waals surface area (Å²) in [6, 6.07) is 2.51. The monoisotopic (exact) mass is 198 g/mol. The third-order valence-corrected chi connectivity index (χ3v) is 1.41. The molecular formula is C8H10N2O4. The van der Waals surface area contributed by atoms with Crippen molar-refractivity contribution < 1.29 is 14.6 Å². The van der Waals surface area contributed by atoms with Crippen molar-refractivity contribution in [2.45, 2.75) is 12.8 Å². The fraction of sp³-hybridized carbons (Fsp3) is 0.375. The average Bonchev–Trinajstić information content (AvgIpc) is 2.18. The molecule has 0 aliphatic heterocycles. The van der Waals surface area contributed by atoms with Gasteiger partial charge in [-0.25, -0.2) is 5.10 Å². The van der Waals surface area contributed by atoms with Crippen molar-refractivity contribution in [1.82, 2.24) is 10.2 Å². The van der Waals surface area contributed by atoms with E-state index in [9.17, 15) is 9.59 Å². The Balaban J connectivity index is 2.48. The summed E-state index contributed by atoms with van der Waals surface area (Å²) in [7, 11) is 0. The minimum Gasteiger partial charge on any atom is -0.406 e. The van der Waals surface area contributed by atoms with Gasteiger partial charge in [0, 0.05) is 25.2 Å². The zero-order valence-corrected chi connectivity index (χ0v) is 7.40. The molecule has 0 spiro atoms. The number of H-pyrrole nitrogens is 1. The molecule has 1 aromatic heterocycles. The molecule has 0 saturated carbocycles. The van der Waals surface area contributed by atoms with Gasteiger partial charge in [0.25, 0.3) is 5.56 Å². The Morgan fingerprint density at radius 1 is 1.57 bits per heavy atom. The van der Waals surface area contributed by atoms with E-state index in [-0.39, 0.29) is 24.5 Å². The lowest BCUT2D eigenvalue weighted by atomic mass is 10.3. The first kappa shape index (κ1) is 10.4. The van der Waals surface area contributed by atoms with E-state index in [1.807, 2.05) is 0 Å². The quantitative estimate of drug-likeness (QED) is 0.633. The van der Waals surface area contributed by atoms with E-state index in [2.05, 4.69) is 10.2 Å². The van der Waals surface area contributed by atoms with Crippen LogP contribution in [0.1, 0.15) is 12.8 Å². The van der Waals surface area contributed by atoms with Crippen molar-refractivity contribution in [3.05, 3.63) is 22.5 Å². The van der Waals surface area contributed by atoms with E-state index >= 15 is 0 Å². The van der Waals surface area contributed by atoms with Gasteiger partial charge >= 0.3 is 5.97 Å². The highest BCUT2D eigenvalue weighted by Gasteiger charge is 2.04. The van der Waals surface area contributed by atoms with Gasteiger partial charge in [-0.05, 0) is 6.42 Å². The maximum atomic E-state index is 11.0. The van der Waals surface area contributed by atoms with Crippen LogP contribution in [0.15, 0.2) is 16.9 Å². The van der Waals surface area contributed by atoms with Crippen molar-refractivity contribution in [3.8, 4) is 5.88 Å². The van der Waals surface area contributed by atoms with Gasteiger partial charge in [-0.1, -0.05) is 0 Å². The standard InChI is InChI=1S/C8H10N2O4/c11-5-1-2-8(13)14-7-4-3-6(12)9-10-7/h3-4,11H,1-2,5H2,(H,9,12). The fourth-order valence-corrected chi connectivity index (χ4v) is 0.780. The molecule has 14 heavy (non-hydrogen) atoms. The van der Waals surface area contributed by atoms with E-state index in [1.165, 1.54) is 12.1 Å². The SMILES string of the molecule is O=C(CCCO)Oc1ccc(=O)[nH]n1. The number of ether oxygens (including phenoxy) is 1. The average molecular weight is 198 g/mol. The number of aromatic nitrogens is 2. The number of rotatable bonds is 4. The molecule has 0 saturated heterocycles. The fourth-order valence-electron chi connectivity index (χ4n) is 0.780. The number of hydrogen-bond acceptors (Lipinski definition) is 5. The first-order valence-corrected chi connectivity index (χ1v) is 4.09. The summed E-state index contributed by atoms with van der Waals surface area (Å²) in [6.07, 6.45) is 0.472. The van der Waals surface area contributed by atoms with Gasteiger partial charge in [0.15, 0.2) is 0 Å². The molecule has 76 valence electrons. The van der Waals surface area contributed by atoms with Crippen LogP contribution in [0.5, 0.6) is 5.88 Å². The van der Waals surface area contributed by atoms with Gasteiger partial charge in [-0.2, -0.15) is 0 Å². The third kappa shape index (κ3) is 3.36. The number of esters is 1. The van der Waals surface area contributed by atoms with E-state index in [4.69, 9.17) is 9.84 Å². The molecule has 0 atom stereocenters. The largest absolute Gasteiger partial charge is 0.406 e. The summed E-state index contributed by atoms with van der Waals surface area (Å²) in [5.74, 6) is -0.439. The van der Waals surface area contributed by atoms with Crippen LogP contribution in [-0.2, 0) is 4.79 Å². The Labute approximate surface area is 79.5 Å². The summed E-state index contributed by atoms with van der Waals surface area (Å²) in [5.41, 5.74) is -0.361. The second kappa shape index (κ2) is 5.13. The number of aliphatic hydroxyl groups is 1. The molecule has 0 bridgehead atoms. The van der Waals surface area contributed by atoms with Crippen LogP contribution in [0.4, 0.5) is 0 Å². The molecule has 0 aliphatic rings. The zero-order valence-electron chi connectivity index (χ0n) is 7.40. The minimum atomic E-state index is -0.487. The number of nitrogens with one attached hydrogen (secondary N) is 1. The number of carbonyl (C=O) groups is 1. The second-order valence-corrected chi connectivity index (χ2v) is 2.56. The van der Waals surface area contributed by atoms with Crippen molar-refractivity contribution in [2.24, 2.45) is 0 Å². The van der Waals surface area contributed by atoms with Gasteiger partial charge < -0.3 is 9.84 Å². The van der Waals surface area contributed by atoms with Gasteiger partial charge in [0.1, 0.15) is 0 Å². The van der Waals surface area contributed by atoms with Gasteiger partial charge in [-0.15, -0.1) is 5.10 Å². The molecule has 0 aromatic carbocycles. The summed E-state index contributed by atoms with van der Waals surface area (Å²) < 4.78 is 4.74. The lowest BCUT2D eigenvalue weighted by Crippen LogP contribution is -2.12. The highest BCUT2D eigenvalue weighted by atomic mass is 16.5. The maximum Gasteiger partial charge on any atom is 0.312 e. The van der Waals surface area contributed by atoms with Crippen molar-refractivity contribution >= 4 is 5.97 Å². The molecule has 1 heterocycles. The second-order valence-electron chi connectivity index (χ2n) is 2.56. The Hall–Kier alpha value is -1.69. The molecule has 0 unspecified atom stereocenters. The summed E-state index contributed by atoms with van der Waals surface area (Å²) in [6.45, 7) is -0.0614. The highest BCUT2D eigenvalue weighted by molar-refractivity contribution is 5.71. The van der Waals surface area contributed by atoms with E-state index in [1.54, 1.807) is 0 Å².